The molecule has 1 aromatic rings. The van der Waals surface area contributed by atoms with Crippen molar-refractivity contribution in [1.29, 1.82) is 0 Å². The van der Waals surface area contributed by atoms with E-state index in [1.165, 1.54) is 0 Å². The highest BCUT2D eigenvalue weighted by Gasteiger charge is 2.06. The maximum atomic E-state index is 11.9. The van der Waals surface area contributed by atoms with E-state index < -0.39 is 0 Å². The fourth-order valence-electron chi connectivity index (χ4n) is 1.81. The predicted molar refractivity (Wildman–Crippen MR) is 88.6 cm³/mol. The van der Waals surface area contributed by atoms with Gasteiger partial charge < -0.3 is 25.4 Å². The summed E-state index contributed by atoms with van der Waals surface area (Å²) in [6, 6.07) is 6.77. The fraction of sp³-hybridized carbons (Fsp3) is 0.500. The number of methoxy groups -OCH3 is 2. The molecule has 0 spiro atoms. The molecule has 2 amide bonds. The number of carbonyl (C=O) groups excluding carboxylic acids is 2. The summed E-state index contributed by atoms with van der Waals surface area (Å²) in [4.78, 5) is 23.6. The Morgan fingerprint density at radius 1 is 1.00 bits per heavy atom. The Morgan fingerprint density at radius 3 is 2.35 bits per heavy atom. The molecular weight excluding hydrogens is 298 g/mol. The molecule has 0 atom stereocenters. The summed E-state index contributed by atoms with van der Waals surface area (Å²) in [5.41, 5.74) is 1.21. The minimum Gasteiger partial charge on any atom is -0.385 e. The van der Waals surface area contributed by atoms with Crippen molar-refractivity contribution in [3.05, 3.63) is 29.8 Å². The summed E-state index contributed by atoms with van der Waals surface area (Å²) in [7, 11) is 3.24. The first-order chi connectivity index (χ1) is 11.2. The highest BCUT2D eigenvalue weighted by molar-refractivity contribution is 5.96. The third-order valence-corrected chi connectivity index (χ3v) is 3.01. The van der Waals surface area contributed by atoms with Crippen LogP contribution in [0.15, 0.2) is 24.3 Å². The molecule has 0 bridgehead atoms. The van der Waals surface area contributed by atoms with E-state index in [-0.39, 0.29) is 18.4 Å². The average Bonchev–Trinajstić information content (AvgIpc) is 2.56. The Hall–Kier alpha value is -1.96. The van der Waals surface area contributed by atoms with Crippen molar-refractivity contribution in [3.63, 3.8) is 0 Å². The molecule has 0 aliphatic carbocycles. The van der Waals surface area contributed by atoms with Crippen LogP contribution in [0.4, 0.5) is 5.69 Å². The maximum Gasteiger partial charge on any atom is 0.251 e. The number of rotatable bonds is 11. The van der Waals surface area contributed by atoms with Crippen molar-refractivity contribution in [2.24, 2.45) is 0 Å². The maximum absolute atomic E-state index is 11.9. The minimum absolute atomic E-state index is 0.139. The lowest BCUT2D eigenvalue weighted by molar-refractivity contribution is -0.115. The molecule has 0 saturated carbocycles. The molecule has 7 heteroatoms. The highest BCUT2D eigenvalue weighted by Crippen LogP contribution is 2.09. The lowest BCUT2D eigenvalue weighted by Gasteiger charge is -2.08. The molecule has 0 fully saturated rings. The van der Waals surface area contributed by atoms with E-state index in [1.807, 2.05) is 0 Å². The Labute approximate surface area is 136 Å². The van der Waals surface area contributed by atoms with Crippen molar-refractivity contribution >= 4 is 17.5 Å². The molecular formula is C16H25N3O4. The van der Waals surface area contributed by atoms with Crippen molar-refractivity contribution in [3.8, 4) is 0 Å². The van der Waals surface area contributed by atoms with Crippen LogP contribution in [0.1, 0.15) is 16.8 Å². The summed E-state index contributed by atoms with van der Waals surface area (Å²) in [5, 5.41) is 8.52. The molecule has 0 saturated heterocycles. The van der Waals surface area contributed by atoms with Gasteiger partial charge in [-0.25, -0.2) is 0 Å². The first kappa shape index (κ1) is 19.1. The number of hydrogen-bond donors (Lipinski definition) is 3. The zero-order valence-electron chi connectivity index (χ0n) is 13.7. The van der Waals surface area contributed by atoms with Gasteiger partial charge in [0.15, 0.2) is 0 Å². The largest absolute Gasteiger partial charge is 0.385 e. The summed E-state index contributed by atoms with van der Waals surface area (Å²) < 4.78 is 9.80. The van der Waals surface area contributed by atoms with E-state index in [4.69, 9.17) is 9.47 Å². The Bertz CT molecular complexity index is 477. The molecule has 0 radical (unpaired) electrons. The monoisotopic (exact) mass is 323 g/mol. The number of anilines is 1. The van der Waals surface area contributed by atoms with Crippen LogP contribution in [-0.2, 0) is 14.3 Å². The van der Waals surface area contributed by atoms with Crippen LogP contribution < -0.4 is 16.0 Å². The third-order valence-electron chi connectivity index (χ3n) is 3.01. The molecule has 3 N–H and O–H groups in total. The van der Waals surface area contributed by atoms with Crippen LogP contribution in [0, 0.1) is 0 Å². The first-order valence-corrected chi connectivity index (χ1v) is 7.54. The van der Waals surface area contributed by atoms with Gasteiger partial charge in [-0.05, 0) is 30.7 Å². The van der Waals surface area contributed by atoms with Crippen LogP contribution in [0.5, 0.6) is 0 Å². The molecule has 128 valence electrons. The van der Waals surface area contributed by atoms with E-state index in [0.717, 1.165) is 6.42 Å². The quantitative estimate of drug-likeness (QED) is 0.520. The van der Waals surface area contributed by atoms with Gasteiger partial charge in [0.05, 0.1) is 13.2 Å². The average molecular weight is 323 g/mol. The van der Waals surface area contributed by atoms with E-state index in [9.17, 15) is 9.59 Å². The van der Waals surface area contributed by atoms with Gasteiger partial charge in [0.25, 0.3) is 5.91 Å². The molecule has 7 nitrogen and oxygen atoms in total. The Morgan fingerprint density at radius 2 is 1.70 bits per heavy atom. The van der Waals surface area contributed by atoms with Gasteiger partial charge in [0, 0.05) is 45.2 Å². The molecule has 0 unspecified atom stereocenters. The predicted octanol–water partition coefficient (Wildman–Crippen LogP) is 0.627. The van der Waals surface area contributed by atoms with Gasteiger partial charge in [-0.2, -0.15) is 0 Å². The van der Waals surface area contributed by atoms with Crippen LogP contribution in [-0.4, -0.2) is 58.9 Å². The van der Waals surface area contributed by atoms with Crippen molar-refractivity contribution in [1.82, 2.24) is 10.6 Å². The van der Waals surface area contributed by atoms with E-state index in [0.29, 0.717) is 37.6 Å². The molecule has 0 aromatic heterocycles. The molecule has 0 heterocycles. The van der Waals surface area contributed by atoms with Gasteiger partial charge >= 0.3 is 0 Å². The molecule has 23 heavy (non-hydrogen) atoms. The molecule has 0 aliphatic rings. The van der Waals surface area contributed by atoms with Crippen LogP contribution in [0.3, 0.4) is 0 Å². The third kappa shape index (κ3) is 8.29. The zero-order chi connectivity index (χ0) is 16.9. The highest BCUT2D eigenvalue weighted by atomic mass is 16.5. The van der Waals surface area contributed by atoms with E-state index in [1.54, 1.807) is 38.5 Å². The Balaban J connectivity index is 2.34. The second-order valence-corrected chi connectivity index (χ2v) is 4.90. The lowest BCUT2D eigenvalue weighted by atomic mass is 10.2. The van der Waals surface area contributed by atoms with Crippen LogP contribution >= 0.6 is 0 Å². The Kier molecular flexibility index (Phi) is 9.62. The summed E-state index contributed by atoms with van der Waals surface area (Å²) in [5.74, 6) is -0.280. The van der Waals surface area contributed by atoms with E-state index in [2.05, 4.69) is 16.0 Å². The summed E-state index contributed by atoms with van der Waals surface area (Å²) >= 11 is 0. The standard InChI is InChI=1S/C16H25N3O4/c1-22-10-3-8-18-16(21)13-4-6-14(7-5-13)19-15(20)12-17-9-11-23-2/h4-7,17H,3,8-12H2,1-2H3,(H,18,21)(H,19,20). The van der Waals surface area contributed by atoms with Crippen molar-refractivity contribution in [2.45, 2.75) is 6.42 Å². The number of benzene rings is 1. The number of carbonyl (C=O) groups is 2. The first-order valence-electron chi connectivity index (χ1n) is 7.54. The van der Waals surface area contributed by atoms with Gasteiger partial charge in [-0.3, -0.25) is 9.59 Å². The summed E-state index contributed by atoms with van der Waals surface area (Å²) in [6.45, 7) is 2.57. The minimum atomic E-state index is -0.141. The normalized spacial score (nSPS) is 10.3. The second-order valence-electron chi connectivity index (χ2n) is 4.90. The van der Waals surface area contributed by atoms with Crippen molar-refractivity contribution < 1.29 is 19.1 Å². The van der Waals surface area contributed by atoms with E-state index >= 15 is 0 Å². The van der Waals surface area contributed by atoms with Gasteiger partial charge in [-0.1, -0.05) is 0 Å². The lowest BCUT2D eigenvalue weighted by Crippen LogP contribution is -2.30. The number of hydrogen-bond acceptors (Lipinski definition) is 5. The number of nitrogens with one attached hydrogen (secondary N) is 3. The molecule has 1 aromatic carbocycles. The SMILES string of the molecule is COCCCNC(=O)c1ccc(NC(=O)CNCCOC)cc1. The van der Waals surface area contributed by atoms with Crippen LogP contribution in [0.25, 0.3) is 0 Å². The zero-order valence-corrected chi connectivity index (χ0v) is 13.7. The van der Waals surface area contributed by atoms with Crippen LogP contribution in [0.2, 0.25) is 0 Å². The van der Waals surface area contributed by atoms with Crippen molar-refractivity contribution in [2.75, 3.05) is 52.4 Å². The number of ether oxygens (including phenoxy) is 2. The summed E-state index contributed by atoms with van der Waals surface area (Å²) in [6.07, 6.45) is 0.770. The smallest absolute Gasteiger partial charge is 0.251 e. The van der Waals surface area contributed by atoms with Gasteiger partial charge in [-0.15, -0.1) is 0 Å². The van der Waals surface area contributed by atoms with Gasteiger partial charge in [0.2, 0.25) is 5.91 Å². The second kappa shape index (κ2) is 11.6. The van der Waals surface area contributed by atoms with Gasteiger partial charge in [0.1, 0.15) is 0 Å². The topological polar surface area (TPSA) is 88.7 Å². The fourth-order valence-corrected chi connectivity index (χ4v) is 1.81. The molecule has 0 aliphatic heterocycles. The molecule has 1 rings (SSSR count). The number of amides is 2.